The number of carbonyl (C=O) groups is 2. The molecule has 0 atom stereocenters. The van der Waals surface area contributed by atoms with Gasteiger partial charge in [0, 0.05) is 15.3 Å². The topological polar surface area (TPSA) is 79.2 Å². The van der Waals surface area contributed by atoms with Crippen molar-refractivity contribution < 1.29 is 14.3 Å². The molecule has 3 aromatic rings. The Balaban J connectivity index is 1.62. The zero-order valence-electron chi connectivity index (χ0n) is 14.7. The molecular weight excluding hydrogens is 380 g/mol. The third kappa shape index (κ3) is 4.30. The maximum absolute atomic E-state index is 12.4. The maximum Gasteiger partial charge on any atom is 0.349 e. The van der Waals surface area contributed by atoms with Crippen LogP contribution in [0.1, 0.15) is 20.8 Å². The molecule has 5 nitrogen and oxygen atoms in total. The number of thiocyanates is 1. The minimum atomic E-state index is -0.499. The molecule has 1 aromatic heterocycles. The zero-order valence-corrected chi connectivity index (χ0v) is 16.4. The number of rotatable bonds is 5. The van der Waals surface area contributed by atoms with E-state index in [4.69, 9.17) is 10.00 Å². The minimum absolute atomic E-state index is 0.360. The van der Waals surface area contributed by atoms with E-state index in [2.05, 4.69) is 5.32 Å². The van der Waals surface area contributed by atoms with E-state index in [-0.39, 0.29) is 6.61 Å². The van der Waals surface area contributed by atoms with Crippen LogP contribution in [0.15, 0.2) is 47.4 Å². The van der Waals surface area contributed by atoms with Gasteiger partial charge in [0.05, 0.1) is 0 Å². The molecule has 0 aliphatic rings. The first-order valence-corrected chi connectivity index (χ1v) is 9.74. The Labute approximate surface area is 165 Å². The van der Waals surface area contributed by atoms with Crippen molar-refractivity contribution in [3.05, 3.63) is 58.5 Å². The van der Waals surface area contributed by atoms with Crippen LogP contribution in [0.2, 0.25) is 0 Å². The molecule has 7 heteroatoms. The highest BCUT2D eigenvalue weighted by atomic mass is 32.2. The number of ether oxygens (including phenoxy) is 1. The number of nitrogens with one attached hydrogen (secondary N) is 1. The average Bonchev–Trinajstić information content (AvgIpc) is 2.99. The Kier molecular flexibility index (Phi) is 5.79. The first kappa shape index (κ1) is 19.0. The summed E-state index contributed by atoms with van der Waals surface area (Å²) in [6.45, 7) is 3.35. The highest BCUT2D eigenvalue weighted by molar-refractivity contribution is 8.03. The molecule has 0 radical (unpaired) electrons. The summed E-state index contributed by atoms with van der Waals surface area (Å²) in [6.07, 6.45) is 0. The van der Waals surface area contributed by atoms with Crippen molar-refractivity contribution in [2.45, 2.75) is 18.7 Å². The number of carbonyl (C=O) groups excluding carboxylic acids is 2. The molecule has 136 valence electrons. The predicted octanol–water partition coefficient (Wildman–Crippen LogP) is 4.89. The van der Waals surface area contributed by atoms with Crippen molar-refractivity contribution in [1.29, 1.82) is 5.26 Å². The fraction of sp³-hybridized carbons (Fsp3) is 0.150. The van der Waals surface area contributed by atoms with E-state index in [1.54, 1.807) is 12.1 Å². The van der Waals surface area contributed by atoms with Crippen LogP contribution in [0.4, 0.5) is 5.69 Å². The van der Waals surface area contributed by atoms with E-state index in [0.29, 0.717) is 10.6 Å². The summed E-state index contributed by atoms with van der Waals surface area (Å²) >= 11 is 2.42. The highest BCUT2D eigenvalue weighted by Crippen LogP contribution is 2.31. The Morgan fingerprint density at radius 1 is 1.22 bits per heavy atom. The van der Waals surface area contributed by atoms with Crippen molar-refractivity contribution in [2.24, 2.45) is 0 Å². The van der Waals surface area contributed by atoms with Gasteiger partial charge in [-0.1, -0.05) is 18.2 Å². The third-order valence-electron chi connectivity index (χ3n) is 4.00. The first-order valence-electron chi connectivity index (χ1n) is 8.11. The average molecular weight is 396 g/mol. The van der Waals surface area contributed by atoms with Gasteiger partial charge >= 0.3 is 5.97 Å². The van der Waals surface area contributed by atoms with Crippen LogP contribution in [-0.4, -0.2) is 18.5 Å². The SMILES string of the molecule is Cc1cc(SC#N)ccc1NC(=O)COC(=O)c1sc2ccccc2c1C. The molecular formula is C20H16N2O3S2. The number of esters is 1. The maximum atomic E-state index is 12.4. The zero-order chi connectivity index (χ0) is 19.4. The van der Waals surface area contributed by atoms with E-state index >= 15 is 0 Å². The van der Waals surface area contributed by atoms with Gasteiger partial charge in [-0.3, -0.25) is 4.79 Å². The largest absolute Gasteiger partial charge is 0.451 e. The standard InChI is InChI=1S/C20H16N2O3S2/c1-12-9-14(26-11-21)7-8-16(12)22-18(23)10-25-20(24)19-13(2)15-5-3-4-6-17(15)27-19/h3-9H,10H2,1-2H3,(H,22,23). The van der Waals surface area contributed by atoms with E-state index in [0.717, 1.165) is 37.9 Å². The Bertz CT molecular complexity index is 1070. The van der Waals surface area contributed by atoms with Gasteiger partial charge in [0.25, 0.3) is 5.91 Å². The van der Waals surface area contributed by atoms with Gasteiger partial charge in [0.1, 0.15) is 10.3 Å². The summed E-state index contributed by atoms with van der Waals surface area (Å²) < 4.78 is 6.20. The van der Waals surface area contributed by atoms with E-state index < -0.39 is 11.9 Å². The summed E-state index contributed by atoms with van der Waals surface area (Å²) in [5.41, 5.74) is 2.31. The van der Waals surface area contributed by atoms with Crippen molar-refractivity contribution >= 4 is 50.7 Å². The summed E-state index contributed by atoms with van der Waals surface area (Å²) in [7, 11) is 0. The predicted molar refractivity (Wildman–Crippen MR) is 108 cm³/mol. The van der Waals surface area contributed by atoms with Crippen LogP contribution in [0, 0.1) is 24.5 Å². The molecule has 0 spiro atoms. The highest BCUT2D eigenvalue weighted by Gasteiger charge is 2.18. The third-order valence-corrected chi connectivity index (χ3v) is 5.83. The lowest BCUT2D eigenvalue weighted by Gasteiger charge is -2.09. The molecule has 0 bridgehead atoms. The number of hydrogen-bond acceptors (Lipinski definition) is 6. The van der Waals surface area contributed by atoms with Crippen LogP contribution in [0.3, 0.4) is 0 Å². The number of amides is 1. The monoisotopic (exact) mass is 396 g/mol. The second-order valence-corrected chi connectivity index (χ2v) is 7.76. The van der Waals surface area contributed by atoms with Gasteiger partial charge in [-0.25, -0.2) is 4.79 Å². The van der Waals surface area contributed by atoms with Gasteiger partial charge < -0.3 is 10.1 Å². The van der Waals surface area contributed by atoms with Crippen molar-refractivity contribution in [3.63, 3.8) is 0 Å². The molecule has 27 heavy (non-hydrogen) atoms. The molecule has 1 heterocycles. The van der Waals surface area contributed by atoms with Gasteiger partial charge in [-0.15, -0.1) is 11.3 Å². The lowest BCUT2D eigenvalue weighted by molar-refractivity contribution is -0.119. The van der Waals surface area contributed by atoms with Gasteiger partial charge in [0.15, 0.2) is 6.61 Å². The van der Waals surface area contributed by atoms with Crippen LogP contribution in [0.5, 0.6) is 0 Å². The number of aryl methyl sites for hydroxylation is 2. The molecule has 0 saturated carbocycles. The molecule has 1 N–H and O–H groups in total. The van der Waals surface area contributed by atoms with Gasteiger partial charge in [0.2, 0.25) is 0 Å². The van der Waals surface area contributed by atoms with Crippen LogP contribution in [-0.2, 0) is 9.53 Å². The van der Waals surface area contributed by atoms with Crippen LogP contribution < -0.4 is 5.32 Å². The summed E-state index contributed by atoms with van der Waals surface area (Å²) in [6, 6.07) is 13.1. The first-order chi connectivity index (χ1) is 13.0. The molecule has 1 amide bonds. The molecule has 2 aromatic carbocycles. The minimum Gasteiger partial charge on any atom is -0.451 e. The van der Waals surface area contributed by atoms with E-state index in [9.17, 15) is 9.59 Å². The number of nitrogens with zero attached hydrogens (tertiary/aromatic N) is 1. The van der Waals surface area contributed by atoms with E-state index in [1.165, 1.54) is 11.3 Å². The van der Waals surface area contributed by atoms with Crippen molar-refractivity contribution in [1.82, 2.24) is 0 Å². The van der Waals surface area contributed by atoms with Crippen LogP contribution >= 0.6 is 23.1 Å². The van der Waals surface area contributed by atoms with E-state index in [1.807, 2.05) is 49.6 Å². The van der Waals surface area contributed by atoms with Gasteiger partial charge in [-0.05, 0) is 66.4 Å². The second-order valence-electron chi connectivity index (χ2n) is 5.85. The lowest BCUT2D eigenvalue weighted by Crippen LogP contribution is -2.21. The smallest absolute Gasteiger partial charge is 0.349 e. The lowest BCUT2D eigenvalue weighted by atomic mass is 10.1. The molecule has 3 rings (SSSR count). The fourth-order valence-electron chi connectivity index (χ4n) is 2.64. The normalized spacial score (nSPS) is 10.4. The number of benzene rings is 2. The second kappa shape index (κ2) is 8.25. The molecule has 0 aliphatic carbocycles. The Morgan fingerprint density at radius 2 is 2.00 bits per heavy atom. The Hall–Kier alpha value is -2.82. The number of anilines is 1. The van der Waals surface area contributed by atoms with Crippen molar-refractivity contribution in [2.75, 3.05) is 11.9 Å². The molecule has 0 aliphatic heterocycles. The summed E-state index contributed by atoms with van der Waals surface area (Å²) in [4.78, 5) is 25.8. The fourth-order valence-corrected chi connectivity index (χ4v) is 4.22. The van der Waals surface area contributed by atoms with Crippen LogP contribution in [0.25, 0.3) is 10.1 Å². The van der Waals surface area contributed by atoms with Gasteiger partial charge in [-0.2, -0.15) is 5.26 Å². The van der Waals surface area contributed by atoms with Crippen molar-refractivity contribution in [3.8, 4) is 5.40 Å². The number of thiophene rings is 1. The number of fused-ring (bicyclic) bond motifs is 1. The Morgan fingerprint density at radius 3 is 2.70 bits per heavy atom. The summed E-state index contributed by atoms with van der Waals surface area (Å²) in [5.74, 6) is -0.910. The quantitative estimate of drug-likeness (QED) is 0.377. The number of thioether (sulfide) groups is 1. The molecule has 0 unspecified atom stereocenters. The number of hydrogen-bond donors (Lipinski definition) is 1. The molecule has 0 saturated heterocycles. The molecule has 0 fully saturated rings. The summed E-state index contributed by atoms with van der Waals surface area (Å²) in [5, 5.41) is 14.5. The number of nitriles is 1.